The van der Waals surface area contributed by atoms with Gasteiger partial charge in [0.2, 0.25) is 5.76 Å². The zero-order valence-corrected chi connectivity index (χ0v) is 10.1. The maximum atomic E-state index is 12.5. The van der Waals surface area contributed by atoms with E-state index in [1.165, 1.54) is 11.0 Å². The predicted molar refractivity (Wildman–Crippen MR) is 59.5 cm³/mol. The second-order valence-electron chi connectivity index (χ2n) is 3.14. The van der Waals surface area contributed by atoms with Crippen LogP contribution in [0.2, 0.25) is 0 Å². The van der Waals surface area contributed by atoms with Gasteiger partial charge in [0.1, 0.15) is 6.10 Å². The highest BCUT2D eigenvalue weighted by Crippen LogP contribution is 2.16. The molecule has 1 amide bonds. The Morgan fingerprint density at radius 1 is 1.41 bits per heavy atom. The predicted octanol–water partition coefficient (Wildman–Crippen LogP) is 2.51. The van der Waals surface area contributed by atoms with Gasteiger partial charge in [0.25, 0.3) is 0 Å². The van der Waals surface area contributed by atoms with Crippen molar-refractivity contribution in [3.63, 3.8) is 0 Å². The molecule has 0 radical (unpaired) electrons. The SMILES string of the molecule is C/C=C/C(O)C(OC(=O)N(CC)CC)=C(F)F. The summed E-state index contributed by atoms with van der Waals surface area (Å²) in [6.45, 7) is 5.64. The minimum absolute atomic E-state index is 0.343. The first-order chi connectivity index (χ1) is 7.97. The summed E-state index contributed by atoms with van der Waals surface area (Å²) in [4.78, 5) is 12.7. The van der Waals surface area contributed by atoms with Gasteiger partial charge in [-0.1, -0.05) is 12.2 Å². The highest BCUT2D eigenvalue weighted by atomic mass is 19.3. The van der Waals surface area contributed by atoms with Gasteiger partial charge >= 0.3 is 12.2 Å². The Morgan fingerprint density at radius 3 is 2.29 bits per heavy atom. The van der Waals surface area contributed by atoms with Crippen LogP contribution in [0.1, 0.15) is 20.8 Å². The summed E-state index contributed by atoms with van der Waals surface area (Å²) < 4.78 is 29.5. The molecule has 6 heteroatoms. The third kappa shape index (κ3) is 4.95. The highest BCUT2D eigenvalue weighted by Gasteiger charge is 2.22. The maximum Gasteiger partial charge on any atom is 0.415 e. The van der Waals surface area contributed by atoms with E-state index < -0.39 is 24.0 Å². The van der Waals surface area contributed by atoms with E-state index in [1.807, 2.05) is 0 Å². The molecular formula is C11H17F2NO3. The Kier molecular flexibility index (Phi) is 7.13. The largest absolute Gasteiger partial charge is 0.415 e. The van der Waals surface area contributed by atoms with Crippen molar-refractivity contribution >= 4 is 6.09 Å². The second-order valence-corrected chi connectivity index (χ2v) is 3.14. The lowest BCUT2D eigenvalue weighted by atomic mass is 10.3. The number of ether oxygens (including phenoxy) is 1. The fourth-order valence-corrected chi connectivity index (χ4v) is 1.12. The van der Waals surface area contributed by atoms with Gasteiger partial charge in [-0.15, -0.1) is 0 Å². The van der Waals surface area contributed by atoms with Crippen molar-refractivity contribution in [2.45, 2.75) is 26.9 Å². The average molecular weight is 249 g/mol. The lowest BCUT2D eigenvalue weighted by Crippen LogP contribution is -2.32. The number of amides is 1. The molecule has 0 saturated heterocycles. The van der Waals surface area contributed by atoms with Crippen LogP contribution in [0, 0.1) is 0 Å². The molecular weight excluding hydrogens is 232 g/mol. The Labute approximate surface area is 99.2 Å². The molecule has 0 aromatic rings. The molecule has 0 aliphatic heterocycles. The van der Waals surface area contributed by atoms with Gasteiger partial charge in [-0.05, 0) is 20.8 Å². The van der Waals surface area contributed by atoms with Gasteiger partial charge in [0.15, 0.2) is 0 Å². The van der Waals surface area contributed by atoms with E-state index in [0.29, 0.717) is 13.1 Å². The van der Waals surface area contributed by atoms with E-state index in [1.54, 1.807) is 20.8 Å². The van der Waals surface area contributed by atoms with Gasteiger partial charge < -0.3 is 14.7 Å². The van der Waals surface area contributed by atoms with E-state index in [2.05, 4.69) is 4.74 Å². The molecule has 0 aromatic carbocycles. The average Bonchev–Trinajstić information content (AvgIpc) is 2.27. The highest BCUT2D eigenvalue weighted by molar-refractivity contribution is 5.69. The molecule has 98 valence electrons. The number of hydrogen-bond acceptors (Lipinski definition) is 3. The molecule has 1 atom stereocenters. The first-order valence-corrected chi connectivity index (χ1v) is 5.30. The number of hydrogen-bond donors (Lipinski definition) is 1. The molecule has 0 bridgehead atoms. The van der Waals surface area contributed by atoms with Crippen molar-refractivity contribution in [2.24, 2.45) is 0 Å². The summed E-state index contributed by atoms with van der Waals surface area (Å²) in [6.07, 6.45) is -2.25. The lowest BCUT2D eigenvalue weighted by Gasteiger charge is -2.19. The van der Waals surface area contributed by atoms with E-state index in [-0.39, 0.29) is 0 Å². The number of carbonyl (C=O) groups excluding carboxylic acids is 1. The van der Waals surface area contributed by atoms with Crippen LogP contribution in [0.5, 0.6) is 0 Å². The van der Waals surface area contributed by atoms with Crippen LogP contribution in [-0.2, 0) is 4.74 Å². The molecule has 4 nitrogen and oxygen atoms in total. The van der Waals surface area contributed by atoms with E-state index in [9.17, 15) is 18.7 Å². The summed E-state index contributed by atoms with van der Waals surface area (Å²) in [5, 5.41) is 9.34. The second kappa shape index (κ2) is 7.78. The Bertz CT molecular complexity index is 308. The summed E-state index contributed by atoms with van der Waals surface area (Å²) in [5.41, 5.74) is 0. The molecule has 1 unspecified atom stereocenters. The molecule has 0 spiro atoms. The number of halogens is 2. The molecule has 0 heterocycles. The van der Waals surface area contributed by atoms with Crippen LogP contribution >= 0.6 is 0 Å². The standard InChI is InChI=1S/C11H17F2NO3/c1-4-7-8(15)9(10(12)13)17-11(16)14(5-2)6-3/h4,7-8,15H,5-6H2,1-3H3/b7-4+. The lowest BCUT2D eigenvalue weighted by molar-refractivity contribution is 0.0969. The minimum Gasteiger partial charge on any atom is -0.406 e. The number of aliphatic hydroxyl groups excluding tert-OH is 1. The fraction of sp³-hybridized carbons (Fsp3) is 0.545. The molecule has 0 fully saturated rings. The van der Waals surface area contributed by atoms with Crippen molar-refractivity contribution < 1.29 is 23.4 Å². The monoisotopic (exact) mass is 249 g/mol. The number of nitrogens with zero attached hydrogens (tertiary/aromatic N) is 1. The Morgan fingerprint density at radius 2 is 1.94 bits per heavy atom. The molecule has 0 aliphatic rings. The van der Waals surface area contributed by atoms with Crippen molar-refractivity contribution in [2.75, 3.05) is 13.1 Å². The van der Waals surface area contributed by atoms with Crippen molar-refractivity contribution in [3.8, 4) is 0 Å². The van der Waals surface area contributed by atoms with Crippen LogP contribution in [0.4, 0.5) is 13.6 Å². The van der Waals surface area contributed by atoms with Crippen molar-refractivity contribution in [3.05, 3.63) is 24.0 Å². The molecule has 0 aromatic heterocycles. The van der Waals surface area contributed by atoms with Crippen LogP contribution in [-0.4, -0.2) is 35.3 Å². The Balaban J connectivity index is 4.80. The third-order valence-corrected chi connectivity index (χ3v) is 2.05. The van der Waals surface area contributed by atoms with Gasteiger partial charge in [0, 0.05) is 13.1 Å². The number of aliphatic hydroxyl groups is 1. The zero-order valence-electron chi connectivity index (χ0n) is 10.1. The van der Waals surface area contributed by atoms with E-state index in [4.69, 9.17) is 0 Å². The van der Waals surface area contributed by atoms with E-state index in [0.717, 1.165) is 6.08 Å². The van der Waals surface area contributed by atoms with Crippen LogP contribution in [0.15, 0.2) is 24.0 Å². The first-order valence-electron chi connectivity index (χ1n) is 5.30. The summed E-state index contributed by atoms with van der Waals surface area (Å²) in [6, 6.07) is 0. The Hall–Kier alpha value is -1.43. The van der Waals surface area contributed by atoms with Gasteiger partial charge in [-0.3, -0.25) is 0 Å². The summed E-state index contributed by atoms with van der Waals surface area (Å²) in [5.74, 6) is -1.03. The van der Waals surface area contributed by atoms with Gasteiger partial charge in [-0.2, -0.15) is 8.78 Å². The number of carbonyl (C=O) groups is 1. The topological polar surface area (TPSA) is 49.8 Å². The quantitative estimate of drug-likeness (QED) is 0.601. The zero-order chi connectivity index (χ0) is 13.4. The first kappa shape index (κ1) is 15.6. The minimum atomic E-state index is -2.21. The van der Waals surface area contributed by atoms with Crippen LogP contribution in [0.3, 0.4) is 0 Å². The van der Waals surface area contributed by atoms with Crippen molar-refractivity contribution in [1.29, 1.82) is 0 Å². The number of allylic oxidation sites excluding steroid dienone is 1. The molecule has 0 rings (SSSR count). The smallest absolute Gasteiger partial charge is 0.406 e. The third-order valence-electron chi connectivity index (χ3n) is 2.05. The molecule has 17 heavy (non-hydrogen) atoms. The van der Waals surface area contributed by atoms with Gasteiger partial charge in [0.05, 0.1) is 0 Å². The number of rotatable bonds is 5. The summed E-state index contributed by atoms with van der Waals surface area (Å²) in [7, 11) is 0. The fourth-order valence-electron chi connectivity index (χ4n) is 1.12. The summed E-state index contributed by atoms with van der Waals surface area (Å²) >= 11 is 0. The maximum absolute atomic E-state index is 12.5. The van der Waals surface area contributed by atoms with E-state index >= 15 is 0 Å². The molecule has 0 aliphatic carbocycles. The van der Waals surface area contributed by atoms with Crippen LogP contribution < -0.4 is 0 Å². The van der Waals surface area contributed by atoms with Crippen LogP contribution in [0.25, 0.3) is 0 Å². The normalized spacial score (nSPS) is 12.4. The van der Waals surface area contributed by atoms with Gasteiger partial charge in [-0.25, -0.2) is 4.79 Å². The van der Waals surface area contributed by atoms with Crippen molar-refractivity contribution in [1.82, 2.24) is 4.90 Å². The molecule has 0 saturated carbocycles. The molecule has 1 N–H and O–H groups in total.